The monoisotopic (exact) mass is 300 g/mol. The van der Waals surface area contributed by atoms with Gasteiger partial charge >= 0.3 is 0 Å². The van der Waals surface area contributed by atoms with Gasteiger partial charge in [0.1, 0.15) is 5.69 Å². The predicted molar refractivity (Wildman–Crippen MR) is 72.9 cm³/mol. The normalized spacial score (nSPS) is 10.5. The van der Waals surface area contributed by atoms with Crippen molar-refractivity contribution in [1.29, 1.82) is 0 Å². The van der Waals surface area contributed by atoms with Gasteiger partial charge in [0, 0.05) is 16.2 Å². The van der Waals surface area contributed by atoms with Crippen LogP contribution in [0.3, 0.4) is 0 Å². The molecule has 3 nitrogen and oxygen atoms in total. The third kappa shape index (κ3) is 2.19. The number of halogens is 1. The summed E-state index contributed by atoms with van der Waals surface area (Å²) in [7, 11) is 0. The third-order valence-electron chi connectivity index (χ3n) is 2.52. The summed E-state index contributed by atoms with van der Waals surface area (Å²) in [5.74, 6) is 1.27. The summed E-state index contributed by atoms with van der Waals surface area (Å²) in [6.07, 6.45) is 3.44. The second-order valence-corrected chi connectivity index (χ2v) is 4.67. The molecule has 0 aliphatic rings. The molecular formula is C14H9BrN2O. The number of aromatic nitrogens is 2. The number of benzene rings is 1. The largest absolute Gasteiger partial charge is 0.435 e. The standard InChI is InChI=1S/C14H9BrN2O/c15-11-6-4-10(5-7-11)13-9-17-14(18-13)12-3-1-2-8-16-12/h1-9H. The van der Waals surface area contributed by atoms with Crippen LogP contribution in [0.1, 0.15) is 0 Å². The first-order valence-corrected chi connectivity index (χ1v) is 6.25. The van der Waals surface area contributed by atoms with Crippen molar-refractivity contribution in [2.45, 2.75) is 0 Å². The van der Waals surface area contributed by atoms with Crippen molar-refractivity contribution in [1.82, 2.24) is 9.97 Å². The second-order valence-electron chi connectivity index (χ2n) is 3.75. The Morgan fingerprint density at radius 3 is 2.50 bits per heavy atom. The topological polar surface area (TPSA) is 38.9 Å². The molecule has 2 heterocycles. The van der Waals surface area contributed by atoms with Gasteiger partial charge in [0.15, 0.2) is 5.76 Å². The quantitative estimate of drug-likeness (QED) is 0.713. The minimum atomic E-state index is 0.536. The Morgan fingerprint density at radius 2 is 1.78 bits per heavy atom. The Hall–Kier alpha value is -1.94. The number of hydrogen-bond acceptors (Lipinski definition) is 3. The van der Waals surface area contributed by atoms with E-state index >= 15 is 0 Å². The van der Waals surface area contributed by atoms with Gasteiger partial charge in [0.2, 0.25) is 5.89 Å². The summed E-state index contributed by atoms with van der Waals surface area (Å²) in [5.41, 5.74) is 1.73. The van der Waals surface area contributed by atoms with Gasteiger partial charge < -0.3 is 4.42 Å². The lowest BCUT2D eigenvalue weighted by atomic mass is 10.2. The fourth-order valence-corrected chi connectivity index (χ4v) is 1.89. The number of rotatable bonds is 2. The van der Waals surface area contributed by atoms with Gasteiger partial charge in [-0.15, -0.1) is 0 Å². The van der Waals surface area contributed by atoms with E-state index in [1.165, 1.54) is 0 Å². The van der Waals surface area contributed by atoms with E-state index in [0.29, 0.717) is 5.89 Å². The van der Waals surface area contributed by atoms with E-state index < -0.39 is 0 Å². The molecule has 0 saturated carbocycles. The first-order valence-electron chi connectivity index (χ1n) is 5.46. The minimum Gasteiger partial charge on any atom is -0.435 e. The lowest BCUT2D eigenvalue weighted by Gasteiger charge is -1.96. The Labute approximate surface area is 113 Å². The van der Waals surface area contributed by atoms with Gasteiger partial charge in [-0.3, -0.25) is 4.98 Å². The Bertz CT molecular complexity index is 647. The predicted octanol–water partition coefficient (Wildman–Crippen LogP) is 4.17. The van der Waals surface area contributed by atoms with Crippen molar-refractivity contribution in [3.05, 3.63) is 59.3 Å². The number of oxazole rings is 1. The van der Waals surface area contributed by atoms with Crippen LogP contribution in [0.5, 0.6) is 0 Å². The summed E-state index contributed by atoms with van der Waals surface area (Å²) in [6.45, 7) is 0. The van der Waals surface area contributed by atoms with Crippen LogP contribution in [0.2, 0.25) is 0 Å². The van der Waals surface area contributed by atoms with Crippen LogP contribution in [0.15, 0.2) is 63.7 Å². The molecule has 0 radical (unpaired) electrons. The number of hydrogen-bond donors (Lipinski definition) is 0. The lowest BCUT2D eigenvalue weighted by molar-refractivity contribution is 0.586. The first-order chi connectivity index (χ1) is 8.83. The number of pyridine rings is 1. The van der Waals surface area contributed by atoms with Crippen LogP contribution in [0, 0.1) is 0 Å². The van der Waals surface area contributed by atoms with Gasteiger partial charge in [-0.1, -0.05) is 34.1 Å². The average Bonchev–Trinajstić information content (AvgIpc) is 2.90. The molecule has 0 amide bonds. The maximum atomic E-state index is 5.71. The van der Waals surface area contributed by atoms with Crippen molar-refractivity contribution in [3.63, 3.8) is 0 Å². The molecule has 0 N–H and O–H groups in total. The van der Waals surface area contributed by atoms with E-state index in [4.69, 9.17) is 4.42 Å². The molecule has 2 aromatic heterocycles. The molecule has 0 bridgehead atoms. The zero-order valence-corrected chi connectivity index (χ0v) is 11.0. The molecule has 0 fully saturated rings. The molecule has 1 aromatic carbocycles. The van der Waals surface area contributed by atoms with Crippen molar-refractivity contribution in [3.8, 4) is 22.9 Å². The first kappa shape index (κ1) is 11.2. The van der Waals surface area contributed by atoms with Crippen LogP contribution in [0.4, 0.5) is 0 Å². The highest BCUT2D eigenvalue weighted by Crippen LogP contribution is 2.25. The van der Waals surface area contributed by atoms with Crippen molar-refractivity contribution in [2.75, 3.05) is 0 Å². The van der Waals surface area contributed by atoms with E-state index in [9.17, 15) is 0 Å². The molecule has 0 spiro atoms. The zero-order valence-electron chi connectivity index (χ0n) is 9.38. The van der Waals surface area contributed by atoms with Gasteiger partial charge in [-0.2, -0.15) is 0 Å². The van der Waals surface area contributed by atoms with Crippen LogP contribution in [0.25, 0.3) is 22.9 Å². The molecule has 0 unspecified atom stereocenters. The fourth-order valence-electron chi connectivity index (χ4n) is 1.63. The van der Waals surface area contributed by atoms with E-state index in [1.807, 2.05) is 42.5 Å². The molecule has 0 saturated heterocycles. The Balaban J connectivity index is 1.97. The van der Waals surface area contributed by atoms with Crippen LogP contribution in [-0.2, 0) is 0 Å². The average molecular weight is 301 g/mol. The molecule has 18 heavy (non-hydrogen) atoms. The van der Waals surface area contributed by atoms with Crippen LogP contribution in [-0.4, -0.2) is 9.97 Å². The highest BCUT2D eigenvalue weighted by molar-refractivity contribution is 9.10. The van der Waals surface area contributed by atoms with E-state index in [0.717, 1.165) is 21.5 Å². The van der Waals surface area contributed by atoms with Crippen molar-refractivity contribution >= 4 is 15.9 Å². The van der Waals surface area contributed by atoms with Gasteiger partial charge in [-0.25, -0.2) is 4.98 Å². The summed E-state index contributed by atoms with van der Waals surface area (Å²) in [5, 5.41) is 0. The highest BCUT2D eigenvalue weighted by atomic mass is 79.9. The molecule has 88 valence electrons. The SMILES string of the molecule is Brc1ccc(-c2cnc(-c3ccccn3)o2)cc1. The molecule has 0 atom stereocenters. The number of nitrogens with zero attached hydrogens (tertiary/aromatic N) is 2. The lowest BCUT2D eigenvalue weighted by Crippen LogP contribution is -1.79. The molecule has 0 aliphatic carbocycles. The summed E-state index contributed by atoms with van der Waals surface area (Å²) >= 11 is 3.40. The molecule has 3 rings (SSSR count). The minimum absolute atomic E-state index is 0.536. The second kappa shape index (κ2) is 4.74. The smallest absolute Gasteiger partial charge is 0.245 e. The summed E-state index contributed by atoms with van der Waals surface area (Å²) in [4.78, 5) is 8.45. The van der Waals surface area contributed by atoms with Gasteiger partial charge in [0.05, 0.1) is 6.20 Å². The molecular weight excluding hydrogens is 292 g/mol. The third-order valence-corrected chi connectivity index (χ3v) is 3.05. The van der Waals surface area contributed by atoms with Crippen LogP contribution < -0.4 is 0 Å². The molecule has 4 heteroatoms. The van der Waals surface area contributed by atoms with Crippen LogP contribution >= 0.6 is 15.9 Å². The van der Waals surface area contributed by atoms with Crippen molar-refractivity contribution in [2.24, 2.45) is 0 Å². The Morgan fingerprint density at radius 1 is 0.944 bits per heavy atom. The van der Waals surface area contributed by atoms with E-state index in [2.05, 4.69) is 25.9 Å². The van der Waals surface area contributed by atoms with E-state index in [-0.39, 0.29) is 0 Å². The zero-order chi connectivity index (χ0) is 12.4. The summed E-state index contributed by atoms with van der Waals surface area (Å²) in [6, 6.07) is 13.5. The van der Waals surface area contributed by atoms with E-state index in [1.54, 1.807) is 12.4 Å². The molecule has 0 aliphatic heterocycles. The van der Waals surface area contributed by atoms with Crippen molar-refractivity contribution < 1.29 is 4.42 Å². The summed E-state index contributed by atoms with van der Waals surface area (Å²) < 4.78 is 6.74. The van der Waals surface area contributed by atoms with Gasteiger partial charge in [0.25, 0.3) is 0 Å². The Kier molecular flexibility index (Phi) is 2.94. The molecule has 3 aromatic rings. The maximum Gasteiger partial charge on any atom is 0.245 e. The maximum absolute atomic E-state index is 5.71. The highest BCUT2D eigenvalue weighted by Gasteiger charge is 2.08. The van der Waals surface area contributed by atoms with Gasteiger partial charge in [-0.05, 0) is 24.3 Å². The fraction of sp³-hybridized carbons (Fsp3) is 0.